The van der Waals surface area contributed by atoms with Gasteiger partial charge in [0.15, 0.2) is 0 Å². The Morgan fingerprint density at radius 1 is 1.50 bits per heavy atom. The zero-order valence-electron chi connectivity index (χ0n) is 7.74. The molecule has 0 aliphatic carbocycles. The molecule has 1 unspecified atom stereocenters. The Morgan fingerprint density at radius 2 is 2.07 bits per heavy atom. The molecule has 0 bridgehead atoms. The van der Waals surface area contributed by atoms with Crippen LogP contribution in [0.1, 0.15) is 6.92 Å². The van der Waals surface area contributed by atoms with Crippen LogP contribution >= 0.6 is 0 Å². The molecule has 1 rings (SSSR count). The Bertz CT molecular complexity index is 312. The van der Waals surface area contributed by atoms with Crippen LogP contribution in [0.2, 0.25) is 0 Å². The summed E-state index contributed by atoms with van der Waals surface area (Å²) in [4.78, 5) is 10.7. The second-order valence-electron chi connectivity index (χ2n) is 3.08. The van der Waals surface area contributed by atoms with Crippen molar-refractivity contribution in [2.24, 2.45) is 0 Å². The van der Waals surface area contributed by atoms with E-state index in [0.29, 0.717) is 5.75 Å². The number of halogens is 1. The number of ether oxygens (including phenoxy) is 1. The Hall–Kier alpha value is -1.58. The van der Waals surface area contributed by atoms with Gasteiger partial charge in [-0.05, 0) is 19.1 Å². The van der Waals surface area contributed by atoms with E-state index < -0.39 is 18.2 Å². The van der Waals surface area contributed by atoms with Crippen molar-refractivity contribution in [2.45, 2.75) is 12.5 Å². The Balaban J connectivity index is 2.81. The summed E-state index contributed by atoms with van der Waals surface area (Å²) >= 11 is 0. The lowest BCUT2D eigenvalue weighted by Gasteiger charge is -2.22. The number of para-hydroxylation sites is 1. The van der Waals surface area contributed by atoms with E-state index in [0.717, 1.165) is 0 Å². The SMILES string of the molecule is CC(CF)(Oc1ccccc1)C(=O)O. The first kappa shape index (κ1) is 10.5. The van der Waals surface area contributed by atoms with Gasteiger partial charge < -0.3 is 9.84 Å². The van der Waals surface area contributed by atoms with Gasteiger partial charge in [0.1, 0.15) is 12.4 Å². The highest BCUT2D eigenvalue weighted by Crippen LogP contribution is 2.18. The first-order chi connectivity index (χ1) is 6.58. The summed E-state index contributed by atoms with van der Waals surface area (Å²) in [5, 5.41) is 8.73. The topological polar surface area (TPSA) is 46.5 Å². The monoisotopic (exact) mass is 198 g/mol. The van der Waals surface area contributed by atoms with Crippen molar-refractivity contribution in [3.8, 4) is 5.75 Å². The normalized spacial score (nSPS) is 14.4. The van der Waals surface area contributed by atoms with E-state index in [2.05, 4.69) is 0 Å². The van der Waals surface area contributed by atoms with Crippen LogP contribution in [-0.4, -0.2) is 23.4 Å². The van der Waals surface area contributed by atoms with Crippen LogP contribution in [-0.2, 0) is 4.79 Å². The molecule has 1 aromatic carbocycles. The molecular weight excluding hydrogens is 187 g/mol. The zero-order chi connectivity index (χ0) is 10.6. The summed E-state index contributed by atoms with van der Waals surface area (Å²) in [5.41, 5.74) is -1.80. The molecule has 0 saturated carbocycles. The van der Waals surface area contributed by atoms with Gasteiger partial charge in [0.25, 0.3) is 0 Å². The van der Waals surface area contributed by atoms with Crippen LogP contribution in [0.5, 0.6) is 5.75 Å². The first-order valence-electron chi connectivity index (χ1n) is 4.12. The lowest BCUT2D eigenvalue weighted by molar-refractivity contribution is -0.155. The molecule has 0 amide bonds. The molecule has 1 aromatic rings. The molecule has 0 aromatic heterocycles. The number of hydrogen-bond donors (Lipinski definition) is 1. The fraction of sp³-hybridized carbons (Fsp3) is 0.300. The lowest BCUT2D eigenvalue weighted by Crippen LogP contribution is -2.43. The Morgan fingerprint density at radius 3 is 2.50 bits per heavy atom. The number of carbonyl (C=O) groups is 1. The molecule has 76 valence electrons. The summed E-state index contributed by atoms with van der Waals surface area (Å²) in [5.74, 6) is -0.973. The molecule has 0 heterocycles. The maximum atomic E-state index is 12.5. The molecule has 14 heavy (non-hydrogen) atoms. The quantitative estimate of drug-likeness (QED) is 0.803. The Kier molecular flexibility index (Phi) is 3.06. The van der Waals surface area contributed by atoms with Crippen molar-refractivity contribution in [3.05, 3.63) is 30.3 Å². The van der Waals surface area contributed by atoms with Crippen molar-refractivity contribution in [2.75, 3.05) is 6.67 Å². The summed E-state index contributed by atoms with van der Waals surface area (Å²) < 4.78 is 17.5. The number of benzene rings is 1. The van der Waals surface area contributed by atoms with Crippen LogP contribution in [0.3, 0.4) is 0 Å². The number of carboxylic acid groups (broad SMARTS) is 1. The summed E-state index contributed by atoms with van der Waals surface area (Å²) in [6.07, 6.45) is 0. The van der Waals surface area contributed by atoms with Crippen molar-refractivity contribution in [3.63, 3.8) is 0 Å². The molecule has 0 radical (unpaired) electrons. The van der Waals surface area contributed by atoms with E-state index in [9.17, 15) is 9.18 Å². The molecule has 0 aliphatic heterocycles. The van der Waals surface area contributed by atoms with Crippen LogP contribution < -0.4 is 4.74 Å². The van der Waals surface area contributed by atoms with Gasteiger partial charge in [-0.25, -0.2) is 9.18 Å². The minimum Gasteiger partial charge on any atom is -0.478 e. The van der Waals surface area contributed by atoms with E-state index in [1.807, 2.05) is 0 Å². The fourth-order valence-electron chi connectivity index (χ4n) is 0.877. The van der Waals surface area contributed by atoms with Gasteiger partial charge in [-0.15, -0.1) is 0 Å². The van der Waals surface area contributed by atoms with Crippen molar-refractivity contribution >= 4 is 5.97 Å². The number of carboxylic acids is 1. The lowest BCUT2D eigenvalue weighted by atomic mass is 10.1. The maximum absolute atomic E-state index is 12.5. The van der Waals surface area contributed by atoms with Crippen LogP contribution in [0, 0.1) is 0 Å². The fourth-order valence-corrected chi connectivity index (χ4v) is 0.877. The van der Waals surface area contributed by atoms with Crippen LogP contribution in [0.15, 0.2) is 30.3 Å². The van der Waals surface area contributed by atoms with E-state index in [1.54, 1.807) is 30.3 Å². The third-order valence-electron chi connectivity index (χ3n) is 1.79. The van der Waals surface area contributed by atoms with Gasteiger partial charge in [-0.1, -0.05) is 18.2 Å². The second-order valence-corrected chi connectivity index (χ2v) is 3.08. The molecule has 0 saturated heterocycles. The first-order valence-corrected chi connectivity index (χ1v) is 4.12. The highest BCUT2D eigenvalue weighted by atomic mass is 19.1. The van der Waals surface area contributed by atoms with E-state index >= 15 is 0 Å². The predicted molar refractivity (Wildman–Crippen MR) is 49.1 cm³/mol. The average Bonchev–Trinajstić information content (AvgIpc) is 2.19. The smallest absolute Gasteiger partial charge is 0.350 e. The van der Waals surface area contributed by atoms with Gasteiger partial charge in [0, 0.05) is 0 Å². The third-order valence-corrected chi connectivity index (χ3v) is 1.79. The number of hydrogen-bond acceptors (Lipinski definition) is 2. The number of aliphatic carboxylic acids is 1. The van der Waals surface area contributed by atoms with Gasteiger partial charge in [-0.3, -0.25) is 0 Å². The molecule has 0 aliphatic rings. The van der Waals surface area contributed by atoms with Crippen molar-refractivity contribution < 1.29 is 19.0 Å². The summed E-state index contributed by atoms with van der Waals surface area (Å²) in [6, 6.07) is 8.31. The van der Waals surface area contributed by atoms with Gasteiger partial charge >= 0.3 is 5.97 Å². The molecule has 1 N–H and O–H groups in total. The maximum Gasteiger partial charge on any atom is 0.350 e. The third kappa shape index (κ3) is 2.22. The van der Waals surface area contributed by atoms with Gasteiger partial charge in [0.05, 0.1) is 0 Å². The number of alkyl halides is 1. The number of rotatable bonds is 4. The molecule has 1 atom stereocenters. The van der Waals surface area contributed by atoms with Crippen molar-refractivity contribution in [1.82, 2.24) is 0 Å². The van der Waals surface area contributed by atoms with E-state index in [1.165, 1.54) is 6.92 Å². The predicted octanol–water partition coefficient (Wildman–Crippen LogP) is 1.88. The molecule has 0 fully saturated rings. The highest BCUT2D eigenvalue weighted by Gasteiger charge is 2.35. The standard InChI is InChI=1S/C10H11FO3/c1-10(7-11,9(12)13)14-8-5-3-2-4-6-8/h2-6H,7H2,1H3,(H,12,13). The van der Waals surface area contributed by atoms with E-state index in [4.69, 9.17) is 9.84 Å². The van der Waals surface area contributed by atoms with E-state index in [-0.39, 0.29) is 0 Å². The molecule has 0 spiro atoms. The summed E-state index contributed by atoms with van der Waals surface area (Å²) in [7, 11) is 0. The zero-order valence-corrected chi connectivity index (χ0v) is 7.74. The summed E-state index contributed by atoms with van der Waals surface area (Å²) in [6.45, 7) is 0.125. The molecule has 3 nitrogen and oxygen atoms in total. The second kappa shape index (κ2) is 4.09. The molecular formula is C10H11FO3. The van der Waals surface area contributed by atoms with Crippen LogP contribution in [0.4, 0.5) is 4.39 Å². The minimum atomic E-state index is -1.80. The van der Waals surface area contributed by atoms with Crippen LogP contribution in [0.25, 0.3) is 0 Å². The Labute approximate surface area is 81.1 Å². The average molecular weight is 198 g/mol. The van der Waals surface area contributed by atoms with Gasteiger partial charge in [-0.2, -0.15) is 0 Å². The molecule has 4 heteroatoms. The minimum absolute atomic E-state index is 0.343. The highest BCUT2D eigenvalue weighted by molar-refractivity contribution is 5.77. The van der Waals surface area contributed by atoms with Gasteiger partial charge in [0.2, 0.25) is 5.60 Å². The van der Waals surface area contributed by atoms with Crippen molar-refractivity contribution in [1.29, 1.82) is 0 Å². The largest absolute Gasteiger partial charge is 0.478 e.